The molecule has 2 unspecified atom stereocenters. The quantitative estimate of drug-likeness (QED) is 0.688. The number of methoxy groups -OCH3 is 1. The van der Waals surface area contributed by atoms with Crippen LogP contribution in [-0.2, 0) is 14.3 Å². The molecule has 5 heteroatoms. The van der Waals surface area contributed by atoms with E-state index in [1.165, 1.54) is 13.8 Å². The molecule has 16 heavy (non-hydrogen) atoms. The van der Waals surface area contributed by atoms with Crippen LogP contribution in [0.2, 0.25) is 0 Å². The Labute approximate surface area is 97.4 Å². The van der Waals surface area contributed by atoms with E-state index in [9.17, 15) is 4.79 Å². The second-order valence-corrected chi connectivity index (χ2v) is 3.86. The third-order valence-corrected chi connectivity index (χ3v) is 1.85. The summed E-state index contributed by atoms with van der Waals surface area (Å²) in [6.45, 7) is 7.06. The van der Waals surface area contributed by atoms with Crippen LogP contribution in [-0.4, -0.2) is 48.2 Å². The zero-order valence-corrected chi connectivity index (χ0v) is 10.8. The van der Waals surface area contributed by atoms with Crippen molar-refractivity contribution < 1.29 is 24.5 Å². The van der Waals surface area contributed by atoms with Crippen molar-refractivity contribution in [2.24, 2.45) is 0 Å². The lowest BCUT2D eigenvalue weighted by Gasteiger charge is -2.26. The summed E-state index contributed by atoms with van der Waals surface area (Å²) in [5, 5.41) is 16.0. The van der Waals surface area contributed by atoms with E-state index in [0.717, 1.165) is 6.42 Å². The number of carbonyl (C=O) groups excluding carboxylic acids is 1. The Bertz CT molecular complexity index is 181. The van der Waals surface area contributed by atoms with Gasteiger partial charge in [0.1, 0.15) is 5.60 Å². The van der Waals surface area contributed by atoms with E-state index in [0.29, 0.717) is 6.61 Å². The lowest BCUT2D eigenvalue weighted by Crippen LogP contribution is -2.34. The van der Waals surface area contributed by atoms with Crippen molar-refractivity contribution in [2.75, 3.05) is 20.3 Å². The number of hydrogen-bond donors (Lipinski definition) is 2. The summed E-state index contributed by atoms with van der Waals surface area (Å²) in [5.74, 6) is -0.258. The Morgan fingerprint density at radius 3 is 2.12 bits per heavy atom. The highest BCUT2D eigenvalue weighted by Gasteiger charge is 2.24. The fraction of sp³-hybridized carbons (Fsp3) is 0.909. The molecule has 0 heterocycles. The van der Waals surface area contributed by atoms with Crippen molar-refractivity contribution in [3.05, 3.63) is 0 Å². The number of esters is 1. The summed E-state index contributed by atoms with van der Waals surface area (Å²) in [7, 11) is 1.59. The van der Waals surface area contributed by atoms with Crippen LogP contribution < -0.4 is 0 Å². The maximum absolute atomic E-state index is 10.6. The van der Waals surface area contributed by atoms with Crippen molar-refractivity contribution in [3.63, 3.8) is 0 Å². The number of hydrogen-bond acceptors (Lipinski definition) is 5. The highest BCUT2D eigenvalue weighted by atomic mass is 16.6. The summed E-state index contributed by atoms with van der Waals surface area (Å²) < 4.78 is 9.98. The molecule has 0 fully saturated rings. The molecule has 0 spiro atoms. The zero-order chi connectivity index (χ0) is 13.2. The summed E-state index contributed by atoms with van der Waals surface area (Å²) in [6.07, 6.45) is 0.204. The van der Waals surface area contributed by atoms with Crippen LogP contribution in [0.4, 0.5) is 0 Å². The molecular formula is C11H24O5. The van der Waals surface area contributed by atoms with Gasteiger partial charge in [-0.05, 0) is 20.3 Å². The molecule has 5 nitrogen and oxygen atoms in total. The summed E-state index contributed by atoms with van der Waals surface area (Å²) in [4.78, 5) is 10.6. The second kappa shape index (κ2) is 9.57. The second-order valence-electron chi connectivity index (χ2n) is 3.86. The Morgan fingerprint density at radius 2 is 1.94 bits per heavy atom. The first-order chi connectivity index (χ1) is 7.31. The van der Waals surface area contributed by atoms with Gasteiger partial charge in [-0.1, -0.05) is 6.92 Å². The third-order valence-electron chi connectivity index (χ3n) is 1.85. The van der Waals surface area contributed by atoms with Gasteiger partial charge in [-0.3, -0.25) is 4.79 Å². The normalized spacial score (nSPS) is 15.4. The van der Waals surface area contributed by atoms with Gasteiger partial charge in [-0.25, -0.2) is 0 Å². The topological polar surface area (TPSA) is 76.0 Å². The summed E-state index contributed by atoms with van der Waals surface area (Å²) >= 11 is 0. The Balaban J connectivity index is 0. The van der Waals surface area contributed by atoms with Crippen LogP contribution in [0.3, 0.4) is 0 Å². The van der Waals surface area contributed by atoms with E-state index in [4.69, 9.17) is 19.7 Å². The molecule has 2 N–H and O–H groups in total. The zero-order valence-electron chi connectivity index (χ0n) is 10.8. The van der Waals surface area contributed by atoms with Crippen molar-refractivity contribution in [1.29, 1.82) is 0 Å². The smallest absolute Gasteiger partial charge is 0.303 e. The van der Waals surface area contributed by atoms with Crippen molar-refractivity contribution in [1.82, 2.24) is 0 Å². The van der Waals surface area contributed by atoms with E-state index in [-0.39, 0.29) is 12.6 Å². The van der Waals surface area contributed by atoms with Gasteiger partial charge in [0.25, 0.3) is 0 Å². The average molecular weight is 236 g/mol. The molecule has 0 amide bonds. The Morgan fingerprint density at radius 1 is 1.50 bits per heavy atom. The van der Waals surface area contributed by atoms with Crippen LogP contribution >= 0.6 is 0 Å². The molecular weight excluding hydrogens is 212 g/mol. The predicted molar refractivity (Wildman–Crippen MR) is 61.1 cm³/mol. The molecule has 0 bridgehead atoms. The minimum absolute atomic E-state index is 0.139. The largest absolute Gasteiger partial charge is 0.457 e. The highest BCUT2D eigenvalue weighted by Crippen LogP contribution is 2.15. The first kappa shape index (κ1) is 17.7. The molecule has 0 rings (SSSR count). The van der Waals surface area contributed by atoms with Crippen LogP contribution in [0, 0.1) is 0 Å². The van der Waals surface area contributed by atoms with E-state index >= 15 is 0 Å². The molecule has 0 saturated heterocycles. The van der Waals surface area contributed by atoms with Crippen LogP contribution in [0.5, 0.6) is 0 Å². The van der Waals surface area contributed by atoms with Crippen molar-refractivity contribution >= 4 is 5.97 Å². The average Bonchev–Trinajstić information content (AvgIpc) is 2.18. The predicted octanol–water partition coefficient (Wildman–Crippen LogP) is 0.724. The van der Waals surface area contributed by atoms with Gasteiger partial charge < -0.3 is 19.7 Å². The molecule has 2 atom stereocenters. The number of ether oxygens (including phenoxy) is 2. The number of aliphatic hydroxyl groups excluding tert-OH is 2. The van der Waals surface area contributed by atoms with E-state index < -0.39 is 11.7 Å². The molecule has 0 aliphatic heterocycles. The Kier molecular flexibility index (Phi) is 10.6. The van der Waals surface area contributed by atoms with Crippen LogP contribution in [0.15, 0.2) is 0 Å². The van der Waals surface area contributed by atoms with E-state index in [1.807, 2.05) is 13.8 Å². The van der Waals surface area contributed by atoms with Gasteiger partial charge >= 0.3 is 5.97 Å². The first-order valence-electron chi connectivity index (χ1n) is 5.28. The number of rotatable bonds is 5. The SMILES string of the molecule is CC(O)CO.CCC(C)(COC)OC(C)=O. The van der Waals surface area contributed by atoms with Gasteiger partial charge in [-0.2, -0.15) is 0 Å². The molecule has 0 aromatic carbocycles. The fourth-order valence-electron chi connectivity index (χ4n) is 0.856. The molecule has 0 aromatic rings. The Hall–Kier alpha value is -0.650. The molecule has 0 aromatic heterocycles. The van der Waals surface area contributed by atoms with Crippen molar-refractivity contribution in [2.45, 2.75) is 45.8 Å². The summed E-state index contributed by atoms with van der Waals surface area (Å²) in [5.41, 5.74) is -0.458. The molecule has 0 radical (unpaired) electrons. The van der Waals surface area contributed by atoms with Gasteiger partial charge in [-0.15, -0.1) is 0 Å². The molecule has 0 aliphatic carbocycles. The maximum atomic E-state index is 10.6. The van der Waals surface area contributed by atoms with E-state index in [1.54, 1.807) is 7.11 Å². The van der Waals surface area contributed by atoms with E-state index in [2.05, 4.69) is 0 Å². The molecule has 0 saturated carbocycles. The lowest BCUT2D eigenvalue weighted by molar-refractivity contribution is -0.160. The first-order valence-corrected chi connectivity index (χ1v) is 5.28. The lowest BCUT2D eigenvalue weighted by atomic mass is 10.1. The highest BCUT2D eigenvalue weighted by molar-refractivity contribution is 5.66. The van der Waals surface area contributed by atoms with Crippen molar-refractivity contribution in [3.8, 4) is 0 Å². The minimum Gasteiger partial charge on any atom is -0.457 e. The fourth-order valence-corrected chi connectivity index (χ4v) is 0.856. The molecule has 0 aliphatic rings. The number of carbonyl (C=O) groups is 1. The van der Waals surface area contributed by atoms with Gasteiger partial charge in [0.05, 0.1) is 19.3 Å². The minimum atomic E-state index is -0.560. The van der Waals surface area contributed by atoms with Gasteiger partial charge in [0.2, 0.25) is 0 Å². The third kappa shape index (κ3) is 11.4. The van der Waals surface area contributed by atoms with Crippen LogP contribution in [0.25, 0.3) is 0 Å². The standard InChI is InChI=1S/C8H16O3.C3H8O2/c1-5-8(3,6-10-4)11-7(2)9;1-3(5)2-4/h5-6H2,1-4H3;3-5H,2H2,1H3. The van der Waals surface area contributed by atoms with Crippen LogP contribution in [0.1, 0.15) is 34.1 Å². The summed E-state index contributed by atoms with van der Waals surface area (Å²) in [6, 6.07) is 0. The molecule has 98 valence electrons. The number of aliphatic hydroxyl groups is 2. The van der Waals surface area contributed by atoms with Gasteiger partial charge in [0, 0.05) is 14.0 Å². The maximum Gasteiger partial charge on any atom is 0.303 e. The monoisotopic (exact) mass is 236 g/mol. The van der Waals surface area contributed by atoms with Gasteiger partial charge in [0.15, 0.2) is 0 Å².